The van der Waals surface area contributed by atoms with E-state index >= 15 is 0 Å². The predicted molar refractivity (Wildman–Crippen MR) is 139 cm³/mol. The number of nitrogens with one attached hydrogen (secondary N) is 1. The van der Waals surface area contributed by atoms with Gasteiger partial charge in [-0.15, -0.1) is 0 Å². The van der Waals surface area contributed by atoms with Gasteiger partial charge in [-0.05, 0) is 61.5 Å². The maximum atomic E-state index is 13.0. The zero-order valence-corrected chi connectivity index (χ0v) is 19.5. The highest BCUT2D eigenvalue weighted by molar-refractivity contribution is 6.31. The second-order valence-electron chi connectivity index (χ2n) is 8.06. The Bertz CT molecular complexity index is 1590. The van der Waals surface area contributed by atoms with Crippen LogP contribution in [-0.4, -0.2) is 5.91 Å². The number of halogens is 1. The molecule has 1 heterocycles. The monoisotopic (exact) mass is 481 g/mol. The van der Waals surface area contributed by atoms with E-state index in [1.54, 1.807) is 48.5 Å². The molecule has 5 nitrogen and oxygen atoms in total. The van der Waals surface area contributed by atoms with Gasteiger partial charge in [0, 0.05) is 22.2 Å². The summed E-state index contributed by atoms with van der Waals surface area (Å²) in [4.78, 5) is 25.5. The Hall–Kier alpha value is -4.35. The summed E-state index contributed by atoms with van der Waals surface area (Å²) in [6.45, 7) is 1.93. The zero-order chi connectivity index (χ0) is 24.4. The van der Waals surface area contributed by atoms with E-state index in [9.17, 15) is 9.59 Å². The molecule has 0 saturated heterocycles. The Labute approximate surface area is 206 Å². The number of aryl methyl sites for hydroxylation is 1. The summed E-state index contributed by atoms with van der Waals surface area (Å²) in [5.74, 6) is 1.22. The second kappa shape index (κ2) is 9.49. The van der Waals surface area contributed by atoms with Gasteiger partial charge in [0.1, 0.15) is 17.1 Å². The van der Waals surface area contributed by atoms with Gasteiger partial charge in [0.2, 0.25) is 0 Å². The number of hydrogen-bond acceptors (Lipinski definition) is 4. The van der Waals surface area contributed by atoms with Crippen molar-refractivity contribution in [2.45, 2.75) is 6.92 Å². The number of rotatable bonds is 5. The van der Waals surface area contributed by atoms with Crippen molar-refractivity contribution in [2.75, 3.05) is 5.32 Å². The number of ether oxygens (including phenoxy) is 1. The van der Waals surface area contributed by atoms with E-state index in [-0.39, 0.29) is 11.3 Å². The van der Waals surface area contributed by atoms with E-state index in [1.807, 2.05) is 49.4 Å². The van der Waals surface area contributed by atoms with Gasteiger partial charge in [-0.2, -0.15) is 0 Å². The third kappa shape index (κ3) is 4.95. The molecule has 1 N–H and O–H groups in total. The van der Waals surface area contributed by atoms with Gasteiger partial charge in [-0.3, -0.25) is 9.59 Å². The molecule has 0 radical (unpaired) electrons. The van der Waals surface area contributed by atoms with Crippen molar-refractivity contribution < 1.29 is 13.9 Å². The van der Waals surface area contributed by atoms with E-state index < -0.39 is 0 Å². The maximum absolute atomic E-state index is 13.0. The van der Waals surface area contributed by atoms with Gasteiger partial charge in [0.25, 0.3) is 5.91 Å². The number of carbonyl (C=O) groups excluding carboxylic acids is 1. The molecule has 0 aliphatic heterocycles. The first-order valence-electron chi connectivity index (χ1n) is 10.9. The summed E-state index contributed by atoms with van der Waals surface area (Å²) in [5.41, 5.74) is 2.97. The predicted octanol–water partition coefficient (Wildman–Crippen LogP) is 7.47. The van der Waals surface area contributed by atoms with Crippen LogP contribution in [0.4, 0.5) is 5.69 Å². The number of carbonyl (C=O) groups is 1. The molecular formula is C29H20ClNO4. The molecule has 0 aliphatic carbocycles. The summed E-state index contributed by atoms with van der Waals surface area (Å²) in [6.07, 6.45) is 0. The maximum Gasteiger partial charge on any atom is 0.255 e. The lowest BCUT2D eigenvalue weighted by atomic mass is 10.1. The summed E-state index contributed by atoms with van der Waals surface area (Å²) >= 11 is 6.16. The highest BCUT2D eigenvalue weighted by Gasteiger charge is 2.13. The molecule has 0 bridgehead atoms. The molecular weight excluding hydrogens is 462 g/mol. The van der Waals surface area contributed by atoms with Crippen LogP contribution in [0, 0.1) is 6.92 Å². The molecule has 4 aromatic carbocycles. The number of hydrogen-bond donors (Lipinski definition) is 1. The minimum Gasteiger partial charge on any atom is -0.456 e. The molecule has 0 saturated carbocycles. The van der Waals surface area contributed by atoms with Crippen LogP contribution in [0.5, 0.6) is 11.5 Å². The van der Waals surface area contributed by atoms with E-state index in [2.05, 4.69) is 5.32 Å². The molecule has 5 rings (SSSR count). The fourth-order valence-electron chi connectivity index (χ4n) is 3.70. The number of fused-ring (bicyclic) bond motifs is 1. The Balaban J connectivity index is 1.38. The van der Waals surface area contributed by atoms with E-state index in [1.165, 1.54) is 6.07 Å². The Kier molecular flexibility index (Phi) is 6.08. The van der Waals surface area contributed by atoms with Crippen molar-refractivity contribution >= 4 is 34.2 Å². The lowest BCUT2D eigenvalue weighted by molar-refractivity contribution is 0.102. The van der Waals surface area contributed by atoms with Gasteiger partial charge >= 0.3 is 0 Å². The van der Waals surface area contributed by atoms with Crippen molar-refractivity contribution in [3.05, 3.63) is 123 Å². The molecule has 5 aromatic rings. The fourth-order valence-corrected chi connectivity index (χ4v) is 3.87. The minimum atomic E-state index is -0.327. The third-order valence-corrected chi connectivity index (χ3v) is 5.71. The van der Waals surface area contributed by atoms with Gasteiger partial charge < -0.3 is 14.5 Å². The lowest BCUT2D eigenvalue weighted by Crippen LogP contribution is -2.12. The molecule has 1 aromatic heterocycles. The SMILES string of the molecule is Cc1ccc2oc(-c3ccc(C(=O)Nc4cc(Cl)ccc4Oc4ccccc4)cc3)cc(=O)c2c1. The molecule has 35 heavy (non-hydrogen) atoms. The smallest absolute Gasteiger partial charge is 0.255 e. The van der Waals surface area contributed by atoms with Crippen LogP contribution in [0.25, 0.3) is 22.3 Å². The van der Waals surface area contributed by atoms with Crippen molar-refractivity contribution in [3.8, 4) is 22.8 Å². The summed E-state index contributed by atoms with van der Waals surface area (Å²) < 4.78 is 11.8. The molecule has 0 spiro atoms. The highest BCUT2D eigenvalue weighted by Crippen LogP contribution is 2.32. The van der Waals surface area contributed by atoms with Crippen LogP contribution in [0.3, 0.4) is 0 Å². The lowest BCUT2D eigenvalue weighted by Gasteiger charge is -2.13. The fraction of sp³-hybridized carbons (Fsp3) is 0.0345. The van der Waals surface area contributed by atoms with Gasteiger partial charge in [-0.1, -0.05) is 53.6 Å². The Morgan fingerprint density at radius 2 is 1.66 bits per heavy atom. The molecule has 0 unspecified atom stereocenters. The van der Waals surface area contributed by atoms with Crippen LogP contribution in [0.1, 0.15) is 15.9 Å². The van der Waals surface area contributed by atoms with Crippen LogP contribution in [-0.2, 0) is 0 Å². The van der Waals surface area contributed by atoms with Gasteiger partial charge in [0.05, 0.1) is 11.1 Å². The normalized spacial score (nSPS) is 10.8. The molecule has 1 amide bonds. The first-order valence-corrected chi connectivity index (χ1v) is 11.3. The molecule has 172 valence electrons. The summed E-state index contributed by atoms with van der Waals surface area (Å²) in [6, 6.07) is 28.1. The highest BCUT2D eigenvalue weighted by atomic mass is 35.5. The van der Waals surface area contributed by atoms with Crippen molar-refractivity contribution in [1.29, 1.82) is 0 Å². The number of para-hydroxylation sites is 1. The quantitative estimate of drug-likeness (QED) is 0.283. The zero-order valence-electron chi connectivity index (χ0n) is 18.7. The first-order chi connectivity index (χ1) is 17.0. The van der Waals surface area contributed by atoms with Crippen LogP contribution in [0.15, 0.2) is 106 Å². The first kappa shape index (κ1) is 22.4. The number of amides is 1. The topological polar surface area (TPSA) is 68.5 Å². The average Bonchev–Trinajstić information content (AvgIpc) is 2.87. The van der Waals surface area contributed by atoms with Gasteiger partial charge in [-0.25, -0.2) is 0 Å². The van der Waals surface area contributed by atoms with E-state index in [0.717, 1.165) is 5.56 Å². The van der Waals surface area contributed by atoms with Crippen molar-refractivity contribution in [1.82, 2.24) is 0 Å². The van der Waals surface area contributed by atoms with Gasteiger partial charge in [0.15, 0.2) is 11.2 Å². The van der Waals surface area contributed by atoms with Crippen molar-refractivity contribution in [2.24, 2.45) is 0 Å². The average molecular weight is 482 g/mol. The second-order valence-corrected chi connectivity index (χ2v) is 8.50. The number of benzene rings is 4. The third-order valence-electron chi connectivity index (χ3n) is 5.48. The van der Waals surface area contributed by atoms with Crippen LogP contribution >= 0.6 is 11.6 Å². The minimum absolute atomic E-state index is 0.112. The standard InChI is InChI=1S/C29H20ClNO4/c1-18-7-13-26-23(15-18)25(32)17-28(35-26)19-8-10-20(11-9-19)29(33)31-24-16-21(30)12-14-27(24)34-22-5-3-2-4-6-22/h2-17H,1H3,(H,31,33). The largest absolute Gasteiger partial charge is 0.456 e. The Morgan fingerprint density at radius 3 is 2.43 bits per heavy atom. The Morgan fingerprint density at radius 1 is 0.886 bits per heavy atom. The van der Waals surface area contributed by atoms with E-state index in [4.69, 9.17) is 20.8 Å². The van der Waals surface area contributed by atoms with Crippen LogP contribution in [0.2, 0.25) is 5.02 Å². The molecule has 0 fully saturated rings. The molecule has 0 atom stereocenters. The molecule has 6 heteroatoms. The van der Waals surface area contributed by atoms with E-state index in [0.29, 0.717) is 50.1 Å². The summed E-state index contributed by atoms with van der Waals surface area (Å²) in [7, 11) is 0. The summed E-state index contributed by atoms with van der Waals surface area (Å²) in [5, 5.41) is 3.88. The van der Waals surface area contributed by atoms with Crippen molar-refractivity contribution in [3.63, 3.8) is 0 Å². The molecule has 0 aliphatic rings. The van der Waals surface area contributed by atoms with Crippen LogP contribution < -0.4 is 15.5 Å². The number of anilines is 1.